The second-order valence-electron chi connectivity index (χ2n) is 5.26. The summed E-state index contributed by atoms with van der Waals surface area (Å²) < 4.78 is 0. The number of nitrogens with zero attached hydrogens (tertiary/aromatic N) is 2. The van der Waals surface area contributed by atoms with Crippen LogP contribution in [0.5, 0.6) is 0 Å². The van der Waals surface area contributed by atoms with E-state index in [9.17, 15) is 0 Å². The Morgan fingerprint density at radius 2 is 2.12 bits per heavy atom. The third-order valence-corrected chi connectivity index (χ3v) is 3.68. The van der Waals surface area contributed by atoms with E-state index in [1.54, 1.807) is 0 Å². The van der Waals surface area contributed by atoms with Crippen LogP contribution < -0.4 is 10.6 Å². The number of pyridine rings is 1. The molecule has 3 heteroatoms. The van der Waals surface area contributed by atoms with Crippen molar-refractivity contribution < 1.29 is 0 Å². The number of hydrogen-bond acceptors (Lipinski definition) is 3. The zero-order valence-electron chi connectivity index (χ0n) is 10.9. The molecule has 0 bridgehead atoms. The highest BCUT2D eigenvalue weighted by atomic mass is 15.1. The zero-order valence-corrected chi connectivity index (χ0v) is 10.9. The van der Waals surface area contributed by atoms with Crippen LogP contribution in [-0.4, -0.2) is 18.6 Å². The third-order valence-electron chi connectivity index (χ3n) is 3.68. The maximum Gasteiger partial charge on any atom is 0.0569 e. The molecule has 1 atom stereocenters. The fraction of sp³-hybridized carbons (Fsp3) is 0.643. The third kappa shape index (κ3) is 3.19. The van der Waals surface area contributed by atoms with Gasteiger partial charge in [0.2, 0.25) is 0 Å². The molecular formula is C14H23N3. The lowest BCUT2D eigenvalue weighted by molar-refractivity contribution is 0.546. The van der Waals surface area contributed by atoms with E-state index >= 15 is 0 Å². The van der Waals surface area contributed by atoms with Gasteiger partial charge in [0.1, 0.15) is 0 Å². The topological polar surface area (TPSA) is 42.1 Å². The lowest BCUT2D eigenvalue weighted by atomic mass is 10.1. The Kier molecular flexibility index (Phi) is 4.00. The molecule has 3 nitrogen and oxygen atoms in total. The molecule has 0 radical (unpaired) electrons. The van der Waals surface area contributed by atoms with E-state index in [0.29, 0.717) is 0 Å². The van der Waals surface area contributed by atoms with Gasteiger partial charge in [-0.25, -0.2) is 0 Å². The van der Waals surface area contributed by atoms with Gasteiger partial charge in [-0.2, -0.15) is 0 Å². The van der Waals surface area contributed by atoms with Crippen molar-refractivity contribution in [3.05, 3.63) is 24.0 Å². The summed E-state index contributed by atoms with van der Waals surface area (Å²) in [6.45, 7) is 3.11. The van der Waals surface area contributed by atoms with E-state index in [1.807, 2.05) is 19.2 Å². The Morgan fingerprint density at radius 1 is 1.41 bits per heavy atom. The summed E-state index contributed by atoms with van der Waals surface area (Å²) in [6.07, 6.45) is 7.51. The van der Waals surface area contributed by atoms with E-state index in [2.05, 4.69) is 23.0 Å². The van der Waals surface area contributed by atoms with Crippen LogP contribution in [0, 0.1) is 5.92 Å². The minimum Gasteiger partial charge on any atom is -0.373 e. The molecule has 1 aromatic rings. The van der Waals surface area contributed by atoms with Crippen molar-refractivity contribution in [2.75, 3.05) is 18.5 Å². The van der Waals surface area contributed by atoms with E-state index in [1.165, 1.54) is 31.4 Å². The average Bonchev–Trinajstić information content (AvgIpc) is 2.82. The first-order valence-corrected chi connectivity index (χ1v) is 6.59. The van der Waals surface area contributed by atoms with Crippen molar-refractivity contribution in [1.29, 1.82) is 0 Å². The molecule has 1 fully saturated rings. The summed E-state index contributed by atoms with van der Waals surface area (Å²) in [5.41, 5.74) is 7.95. The molecule has 0 saturated heterocycles. The van der Waals surface area contributed by atoms with Gasteiger partial charge in [-0.05, 0) is 37.8 Å². The number of rotatable bonds is 4. The van der Waals surface area contributed by atoms with E-state index in [-0.39, 0.29) is 6.04 Å². The van der Waals surface area contributed by atoms with Crippen LogP contribution in [-0.2, 0) is 0 Å². The molecule has 1 aliphatic carbocycles. The molecule has 0 unspecified atom stereocenters. The second kappa shape index (κ2) is 5.50. The highest BCUT2D eigenvalue weighted by Crippen LogP contribution is 2.26. The van der Waals surface area contributed by atoms with Gasteiger partial charge in [-0.1, -0.05) is 12.8 Å². The highest BCUT2D eigenvalue weighted by molar-refractivity contribution is 5.43. The molecule has 94 valence electrons. The van der Waals surface area contributed by atoms with Gasteiger partial charge in [0.15, 0.2) is 0 Å². The van der Waals surface area contributed by atoms with Crippen molar-refractivity contribution >= 4 is 5.69 Å². The van der Waals surface area contributed by atoms with Gasteiger partial charge in [0.25, 0.3) is 0 Å². The van der Waals surface area contributed by atoms with Crippen LogP contribution in [0.3, 0.4) is 0 Å². The molecule has 0 amide bonds. The van der Waals surface area contributed by atoms with Crippen LogP contribution in [0.2, 0.25) is 0 Å². The first-order valence-electron chi connectivity index (χ1n) is 6.59. The second-order valence-corrected chi connectivity index (χ2v) is 5.26. The van der Waals surface area contributed by atoms with Gasteiger partial charge in [0, 0.05) is 19.6 Å². The molecular weight excluding hydrogens is 210 g/mol. The van der Waals surface area contributed by atoms with Gasteiger partial charge < -0.3 is 10.6 Å². The quantitative estimate of drug-likeness (QED) is 0.869. The molecule has 2 N–H and O–H groups in total. The Morgan fingerprint density at radius 3 is 2.65 bits per heavy atom. The minimum absolute atomic E-state index is 0.0178. The van der Waals surface area contributed by atoms with E-state index in [4.69, 9.17) is 5.73 Å². The molecule has 1 heterocycles. The van der Waals surface area contributed by atoms with Gasteiger partial charge in [0.05, 0.1) is 17.6 Å². The summed E-state index contributed by atoms with van der Waals surface area (Å²) in [5.74, 6) is 0.869. The summed E-state index contributed by atoms with van der Waals surface area (Å²) in [7, 11) is 2.15. The molecule has 2 rings (SSSR count). The Bertz CT molecular complexity index is 339. The SMILES string of the molecule is C[C@@H](N)c1ccc(N(C)CC2CCCC2)cn1. The van der Waals surface area contributed by atoms with Crippen LogP contribution in [0.15, 0.2) is 18.3 Å². The lowest BCUT2D eigenvalue weighted by Gasteiger charge is -2.23. The molecule has 0 spiro atoms. The highest BCUT2D eigenvalue weighted by Gasteiger charge is 2.17. The zero-order chi connectivity index (χ0) is 12.3. The van der Waals surface area contributed by atoms with Crippen molar-refractivity contribution in [2.24, 2.45) is 11.7 Å². The summed E-state index contributed by atoms with van der Waals surface area (Å²) in [6, 6.07) is 4.18. The number of anilines is 1. The van der Waals surface area contributed by atoms with Crippen molar-refractivity contribution in [3.63, 3.8) is 0 Å². The first-order chi connectivity index (χ1) is 8.16. The van der Waals surface area contributed by atoms with Crippen LogP contribution in [0.25, 0.3) is 0 Å². The Hall–Kier alpha value is -1.09. The molecule has 1 aliphatic rings. The first kappa shape index (κ1) is 12.4. The molecule has 1 aromatic heterocycles. The standard InChI is InChI=1S/C14H23N3/c1-11(15)14-8-7-13(9-16-14)17(2)10-12-5-3-4-6-12/h7-9,11-12H,3-6,10,15H2,1-2H3/t11-/m1/s1. The van der Waals surface area contributed by atoms with Gasteiger partial charge in [-0.15, -0.1) is 0 Å². The number of nitrogens with two attached hydrogens (primary N) is 1. The summed E-state index contributed by atoms with van der Waals surface area (Å²) in [5, 5.41) is 0. The summed E-state index contributed by atoms with van der Waals surface area (Å²) in [4.78, 5) is 6.72. The predicted octanol–water partition coefficient (Wildman–Crippen LogP) is 2.73. The minimum atomic E-state index is 0.0178. The molecule has 1 saturated carbocycles. The Labute approximate surface area is 104 Å². The lowest BCUT2D eigenvalue weighted by Crippen LogP contribution is -2.24. The monoisotopic (exact) mass is 233 g/mol. The van der Waals surface area contributed by atoms with E-state index in [0.717, 1.165) is 18.2 Å². The number of aromatic nitrogens is 1. The maximum absolute atomic E-state index is 5.80. The van der Waals surface area contributed by atoms with Crippen molar-refractivity contribution in [1.82, 2.24) is 4.98 Å². The smallest absolute Gasteiger partial charge is 0.0569 e. The maximum atomic E-state index is 5.80. The average molecular weight is 233 g/mol. The van der Waals surface area contributed by atoms with Crippen LogP contribution >= 0.6 is 0 Å². The van der Waals surface area contributed by atoms with Crippen molar-refractivity contribution in [3.8, 4) is 0 Å². The van der Waals surface area contributed by atoms with Crippen LogP contribution in [0.4, 0.5) is 5.69 Å². The largest absolute Gasteiger partial charge is 0.373 e. The van der Waals surface area contributed by atoms with Crippen molar-refractivity contribution in [2.45, 2.75) is 38.6 Å². The van der Waals surface area contributed by atoms with Gasteiger partial charge in [-0.3, -0.25) is 4.98 Å². The number of hydrogen-bond donors (Lipinski definition) is 1. The van der Waals surface area contributed by atoms with Crippen LogP contribution in [0.1, 0.15) is 44.3 Å². The predicted molar refractivity (Wildman–Crippen MR) is 72.1 cm³/mol. The molecule has 0 aromatic carbocycles. The van der Waals surface area contributed by atoms with Gasteiger partial charge >= 0.3 is 0 Å². The summed E-state index contributed by atoms with van der Waals surface area (Å²) >= 11 is 0. The fourth-order valence-corrected chi connectivity index (χ4v) is 2.58. The fourth-order valence-electron chi connectivity index (χ4n) is 2.58. The molecule has 17 heavy (non-hydrogen) atoms. The Balaban J connectivity index is 1.96. The van der Waals surface area contributed by atoms with E-state index < -0.39 is 0 Å². The normalized spacial score (nSPS) is 18.3. The molecule has 0 aliphatic heterocycles.